The molecule has 27 heavy (non-hydrogen) atoms. The van der Waals surface area contributed by atoms with Crippen LogP contribution in [0.4, 0.5) is 4.79 Å². The Balaban J connectivity index is 2.49. The highest BCUT2D eigenvalue weighted by Crippen LogP contribution is 2.34. The van der Waals surface area contributed by atoms with Crippen molar-refractivity contribution in [3.05, 3.63) is 41.1 Å². The van der Waals surface area contributed by atoms with Crippen molar-refractivity contribution in [2.45, 2.75) is 59.6 Å². The lowest BCUT2D eigenvalue weighted by atomic mass is 9.93. The van der Waals surface area contributed by atoms with Gasteiger partial charge in [-0.25, -0.2) is 9.59 Å². The number of para-hydroxylation sites is 1. The number of benzene rings is 1. The van der Waals surface area contributed by atoms with Crippen molar-refractivity contribution in [1.29, 1.82) is 0 Å². The molecule has 0 aromatic heterocycles. The number of carbonyl (C=O) groups excluding carboxylic acids is 2. The van der Waals surface area contributed by atoms with Crippen LogP contribution in [0.1, 0.15) is 59.1 Å². The van der Waals surface area contributed by atoms with Crippen molar-refractivity contribution >= 4 is 12.0 Å². The minimum atomic E-state index is -0.616. The Hall–Kier alpha value is -2.50. The van der Waals surface area contributed by atoms with Crippen molar-refractivity contribution in [1.82, 2.24) is 10.6 Å². The first-order valence-corrected chi connectivity index (χ1v) is 9.56. The molecule has 6 heteroatoms. The van der Waals surface area contributed by atoms with E-state index in [4.69, 9.17) is 9.47 Å². The zero-order valence-electron chi connectivity index (χ0n) is 16.8. The van der Waals surface area contributed by atoms with Gasteiger partial charge in [0.2, 0.25) is 0 Å². The summed E-state index contributed by atoms with van der Waals surface area (Å²) in [5.74, 6) is 0.589. The van der Waals surface area contributed by atoms with Gasteiger partial charge in [0.25, 0.3) is 0 Å². The van der Waals surface area contributed by atoms with E-state index in [0.29, 0.717) is 36.0 Å². The van der Waals surface area contributed by atoms with Gasteiger partial charge in [-0.3, -0.25) is 0 Å². The average Bonchev–Trinajstić information content (AvgIpc) is 2.59. The summed E-state index contributed by atoms with van der Waals surface area (Å²) in [5.41, 5.74) is 1.79. The van der Waals surface area contributed by atoms with Crippen LogP contribution in [0, 0.1) is 5.92 Å². The van der Waals surface area contributed by atoms with Gasteiger partial charge in [0.1, 0.15) is 5.75 Å². The molecule has 6 nitrogen and oxygen atoms in total. The molecular formula is C21H30N2O4. The van der Waals surface area contributed by atoms with Crippen LogP contribution < -0.4 is 15.4 Å². The number of urea groups is 1. The third-order valence-electron chi connectivity index (χ3n) is 4.02. The van der Waals surface area contributed by atoms with E-state index >= 15 is 0 Å². The lowest BCUT2D eigenvalue weighted by Gasteiger charge is -2.30. The number of amides is 2. The first-order chi connectivity index (χ1) is 12.8. The minimum Gasteiger partial charge on any atom is -0.493 e. The van der Waals surface area contributed by atoms with E-state index < -0.39 is 12.0 Å². The van der Waals surface area contributed by atoms with Crippen molar-refractivity contribution in [2.24, 2.45) is 5.92 Å². The van der Waals surface area contributed by atoms with Gasteiger partial charge in [-0.15, -0.1) is 0 Å². The molecule has 1 aromatic carbocycles. The van der Waals surface area contributed by atoms with Crippen LogP contribution in [0.2, 0.25) is 0 Å². The van der Waals surface area contributed by atoms with E-state index in [-0.39, 0.29) is 12.1 Å². The predicted molar refractivity (Wildman–Crippen MR) is 104 cm³/mol. The number of ether oxygens (including phenoxy) is 2. The Morgan fingerprint density at radius 3 is 2.52 bits per heavy atom. The standard InChI is InChI=1S/C21H30N2O4/c1-6-9-16-18(20(24)27-14(4)5)19(23-21(25)22-16)15-10-7-8-11-17(15)26-12-13(2)3/h7-8,10-11,13-14,19H,6,9,12H2,1-5H3,(H2,22,23,25). The van der Waals surface area contributed by atoms with E-state index in [1.165, 1.54) is 0 Å². The maximum atomic E-state index is 12.8. The Labute approximate surface area is 161 Å². The van der Waals surface area contributed by atoms with Crippen molar-refractivity contribution in [3.63, 3.8) is 0 Å². The Morgan fingerprint density at radius 2 is 1.89 bits per heavy atom. The first-order valence-electron chi connectivity index (χ1n) is 9.56. The average molecular weight is 374 g/mol. The molecule has 1 aliphatic rings. The molecule has 1 aromatic rings. The second-order valence-corrected chi connectivity index (χ2v) is 7.37. The van der Waals surface area contributed by atoms with E-state index in [1.807, 2.05) is 45.0 Å². The molecule has 0 spiro atoms. The maximum Gasteiger partial charge on any atom is 0.338 e. The number of nitrogens with one attached hydrogen (secondary N) is 2. The van der Waals surface area contributed by atoms with Gasteiger partial charge < -0.3 is 20.1 Å². The summed E-state index contributed by atoms with van der Waals surface area (Å²) in [4.78, 5) is 25.1. The van der Waals surface area contributed by atoms with Crippen LogP contribution in [0.3, 0.4) is 0 Å². The summed E-state index contributed by atoms with van der Waals surface area (Å²) >= 11 is 0. The fraction of sp³-hybridized carbons (Fsp3) is 0.524. The molecular weight excluding hydrogens is 344 g/mol. The summed E-state index contributed by atoms with van der Waals surface area (Å²) in [6, 6.07) is 6.54. The minimum absolute atomic E-state index is 0.251. The number of hydrogen-bond acceptors (Lipinski definition) is 4. The highest BCUT2D eigenvalue weighted by atomic mass is 16.5. The Bertz CT molecular complexity index is 710. The normalized spacial score (nSPS) is 17.0. The van der Waals surface area contributed by atoms with Gasteiger partial charge >= 0.3 is 12.0 Å². The van der Waals surface area contributed by atoms with E-state index in [2.05, 4.69) is 24.5 Å². The van der Waals surface area contributed by atoms with Gasteiger partial charge in [0.15, 0.2) is 0 Å². The zero-order valence-corrected chi connectivity index (χ0v) is 16.8. The van der Waals surface area contributed by atoms with Crippen molar-refractivity contribution in [3.8, 4) is 5.75 Å². The van der Waals surface area contributed by atoms with Gasteiger partial charge in [-0.1, -0.05) is 45.4 Å². The van der Waals surface area contributed by atoms with E-state index in [0.717, 1.165) is 12.0 Å². The number of rotatable bonds is 8. The number of hydrogen-bond donors (Lipinski definition) is 2. The highest BCUT2D eigenvalue weighted by molar-refractivity contribution is 5.95. The molecule has 0 radical (unpaired) electrons. The zero-order chi connectivity index (χ0) is 20.0. The Kier molecular flexibility index (Phi) is 7.28. The molecule has 0 fully saturated rings. The van der Waals surface area contributed by atoms with Gasteiger partial charge in [-0.05, 0) is 32.3 Å². The van der Waals surface area contributed by atoms with Crippen molar-refractivity contribution < 1.29 is 19.1 Å². The molecule has 0 aliphatic carbocycles. The molecule has 1 aliphatic heterocycles. The van der Waals surface area contributed by atoms with Crippen LogP contribution in [-0.4, -0.2) is 24.7 Å². The fourth-order valence-electron chi connectivity index (χ4n) is 2.92. The SMILES string of the molecule is CCCC1=C(C(=O)OC(C)C)C(c2ccccc2OCC(C)C)NC(=O)N1. The predicted octanol–water partition coefficient (Wildman–Crippen LogP) is 4.08. The largest absolute Gasteiger partial charge is 0.493 e. The van der Waals surface area contributed by atoms with Crippen LogP contribution in [0.5, 0.6) is 5.75 Å². The van der Waals surface area contributed by atoms with Crippen molar-refractivity contribution in [2.75, 3.05) is 6.61 Å². The molecule has 1 atom stereocenters. The van der Waals surface area contributed by atoms with Gasteiger partial charge in [0, 0.05) is 11.3 Å². The quantitative estimate of drug-likeness (QED) is 0.672. The number of esters is 1. The number of carbonyl (C=O) groups is 2. The summed E-state index contributed by atoms with van der Waals surface area (Å²) in [5, 5.41) is 5.64. The smallest absolute Gasteiger partial charge is 0.338 e. The van der Waals surface area contributed by atoms with Crippen LogP contribution in [0.15, 0.2) is 35.5 Å². The fourth-order valence-corrected chi connectivity index (χ4v) is 2.92. The lowest BCUT2D eigenvalue weighted by molar-refractivity contribution is -0.143. The third kappa shape index (κ3) is 5.49. The molecule has 2 N–H and O–H groups in total. The summed E-state index contributed by atoms with van der Waals surface area (Å²) in [6.07, 6.45) is 1.13. The Morgan fingerprint density at radius 1 is 1.19 bits per heavy atom. The molecule has 2 rings (SSSR count). The molecule has 0 saturated heterocycles. The first kappa shape index (κ1) is 20.8. The van der Waals surface area contributed by atoms with Crippen LogP contribution in [-0.2, 0) is 9.53 Å². The van der Waals surface area contributed by atoms with Crippen LogP contribution in [0.25, 0.3) is 0 Å². The van der Waals surface area contributed by atoms with Gasteiger partial charge in [-0.2, -0.15) is 0 Å². The molecule has 1 heterocycles. The molecule has 0 saturated carbocycles. The molecule has 0 bridgehead atoms. The lowest BCUT2D eigenvalue weighted by Crippen LogP contribution is -2.46. The topological polar surface area (TPSA) is 76.7 Å². The summed E-state index contributed by atoms with van der Waals surface area (Å²) < 4.78 is 11.4. The molecule has 1 unspecified atom stereocenters. The van der Waals surface area contributed by atoms with E-state index in [1.54, 1.807) is 0 Å². The highest BCUT2D eigenvalue weighted by Gasteiger charge is 2.35. The van der Waals surface area contributed by atoms with Crippen LogP contribution >= 0.6 is 0 Å². The monoisotopic (exact) mass is 374 g/mol. The number of allylic oxidation sites excluding steroid dienone is 1. The molecule has 2 amide bonds. The second kappa shape index (κ2) is 9.44. The summed E-state index contributed by atoms with van der Waals surface area (Å²) in [7, 11) is 0. The second-order valence-electron chi connectivity index (χ2n) is 7.37. The maximum absolute atomic E-state index is 12.8. The summed E-state index contributed by atoms with van der Waals surface area (Å²) in [6.45, 7) is 10.3. The molecule has 148 valence electrons. The van der Waals surface area contributed by atoms with E-state index in [9.17, 15) is 9.59 Å². The van der Waals surface area contributed by atoms with Gasteiger partial charge in [0.05, 0.1) is 24.3 Å². The third-order valence-corrected chi connectivity index (χ3v) is 4.02.